The van der Waals surface area contributed by atoms with E-state index in [-0.39, 0.29) is 11.4 Å². The fraction of sp³-hybridized carbons (Fsp3) is 0.136. The van der Waals surface area contributed by atoms with Crippen LogP contribution >= 0.6 is 0 Å². The van der Waals surface area contributed by atoms with Gasteiger partial charge in [0.05, 0.1) is 31.7 Å². The second-order valence-electron chi connectivity index (χ2n) is 6.05. The molecular weight excluding hydrogens is 400 g/mol. The highest BCUT2D eigenvalue weighted by molar-refractivity contribution is 5.93. The molecule has 0 aliphatic heterocycles. The van der Waals surface area contributed by atoms with E-state index in [1.165, 1.54) is 24.8 Å². The summed E-state index contributed by atoms with van der Waals surface area (Å²) < 4.78 is 16.1. The Kier molecular flexibility index (Phi) is 7.26. The number of nitrogens with one attached hydrogen (secondary N) is 1. The molecule has 1 heterocycles. The topological polar surface area (TPSA) is 112 Å². The Balaban J connectivity index is 1.69. The van der Waals surface area contributed by atoms with E-state index in [0.717, 1.165) is 0 Å². The minimum absolute atomic E-state index is 0.149. The number of amides is 1. The first-order valence-corrected chi connectivity index (χ1v) is 9.33. The zero-order valence-electron chi connectivity index (χ0n) is 16.9. The molecule has 0 radical (unpaired) electrons. The smallest absolute Gasteiger partial charge is 0.343 e. The van der Waals surface area contributed by atoms with Crippen LogP contribution in [-0.2, 0) is 0 Å². The van der Waals surface area contributed by atoms with Crippen LogP contribution in [0.3, 0.4) is 0 Å². The van der Waals surface area contributed by atoms with Crippen LogP contribution in [0.25, 0.3) is 0 Å². The van der Waals surface area contributed by atoms with Crippen LogP contribution < -0.4 is 19.6 Å². The van der Waals surface area contributed by atoms with Crippen LogP contribution in [0.15, 0.2) is 66.2 Å². The normalized spacial score (nSPS) is 10.5. The standard InChI is InChI=1S/C22H20N4O5/c1-3-30-20-12-15(13-25-26-21(27)18-14-23-10-11-24-18)4-9-19(20)31-22(28)16-5-7-17(29-2)8-6-16/h4-14H,3H2,1-2H3,(H,26,27)/b25-13+. The molecule has 0 aliphatic rings. The third kappa shape index (κ3) is 5.86. The van der Waals surface area contributed by atoms with Crippen molar-refractivity contribution >= 4 is 18.1 Å². The van der Waals surface area contributed by atoms with Gasteiger partial charge in [-0.2, -0.15) is 5.10 Å². The highest BCUT2D eigenvalue weighted by Crippen LogP contribution is 2.29. The summed E-state index contributed by atoms with van der Waals surface area (Å²) in [6, 6.07) is 11.5. The second kappa shape index (κ2) is 10.5. The van der Waals surface area contributed by atoms with Crippen LogP contribution in [0.5, 0.6) is 17.2 Å². The van der Waals surface area contributed by atoms with Gasteiger partial charge in [0.1, 0.15) is 11.4 Å². The number of hydrogen-bond donors (Lipinski definition) is 1. The molecule has 0 spiro atoms. The van der Waals surface area contributed by atoms with E-state index < -0.39 is 11.9 Å². The number of nitrogens with zero attached hydrogens (tertiary/aromatic N) is 3. The molecule has 0 fully saturated rings. The Hall–Kier alpha value is -4.27. The van der Waals surface area contributed by atoms with Crippen molar-refractivity contribution in [3.8, 4) is 17.2 Å². The van der Waals surface area contributed by atoms with Crippen molar-refractivity contribution in [2.75, 3.05) is 13.7 Å². The highest BCUT2D eigenvalue weighted by Gasteiger charge is 2.13. The molecule has 0 bridgehead atoms. The van der Waals surface area contributed by atoms with Crippen molar-refractivity contribution in [1.29, 1.82) is 0 Å². The van der Waals surface area contributed by atoms with Gasteiger partial charge in [0.2, 0.25) is 0 Å². The summed E-state index contributed by atoms with van der Waals surface area (Å²) in [5, 5.41) is 3.91. The number of carbonyl (C=O) groups is 2. The van der Waals surface area contributed by atoms with Crippen LogP contribution in [0.2, 0.25) is 0 Å². The first kappa shape index (κ1) is 21.4. The van der Waals surface area contributed by atoms with E-state index in [1.807, 2.05) is 6.92 Å². The molecule has 9 nitrogen and oxygen atoms in total. The predicted octanol–water partition coefficient (Wildman–Crippen LogP) is 2.87. The number of rotatable bonds is 8. The predicted molar refractivity (Wildman–Crippen MR) is 113 cm³/mol. The maximum Gasteiger partial charge on any atom is 0.343 e. The van der Waals surface area contributed by atoms with E-state index in [9.17, 15) is 9.59 Å². The minimum atomic E-state index is -0.527. The lowest BCUT2D eigenvalue weighted by Gasteiger charge is -2.11. The lowest BCUT2D eigenvalue weighted by atomic mass is 10.2. The minimum Gasteiger partial charge on any atom is -0.497 e. The third-order valence-corrected chi connectivity index (χ3v) is 3.97. The number of aromatic nitrogens is 2. The van der Waals surface area contributed by atoms with Crippen molar-refractivity contribution in [3.05, 3.63) is 77.9 Å². The maximum absolute atomic E-state index is 12.4. The van der Waals surface area contributed by atoms with Crippen LogP contribution in [0.4, 0.5) is 0 Å². The number of ether oxygens (including phenoxy) is 3. The van der Waals surface area contributed by atoms with Gasteiger partial charge in [-0.05, 0) is 55.0 Å². The van der Waals surface area contributed by atoms with Gasteiger partial charge in [-0.1, -0.05) is 0 Å². The van der Waals surface area contributed by atoms with Crippen molar-refractivity contribution in [3.63, 3.8) is 0 Å². The number of hydrogen-bond acceptors (Lipinski definition) is 8. The molecule has 3 rings (SSSR count). The van der Waals surface area contributed by atoms with Crippen molar-refractivity contribution < 1.29 is 23.8 Å². The van der Waals surface area contributed by atoms with E-state index in [1.54, 1.807) is 49.6 Å². The van der Waals surface area contributed by atoms with Gasteiger partial charge < -0.3 is 14.2 Å². The molecule has 0 saturated carbocycles. The van der Waals surface area contributed by atoms with Gasteiger partial charge >= 0.3 is 5.97 Å². The van der Waals surface area contributed by atoms with Crippen LogP contribution in [0, 0.1) is 0 Å². The zero-order valence-corrected chi connectivity index (χ0v) is 16.9. The maximum atomic E-state index is 12.4. The lowest BCUT2D eigenvalue weighted by Crippen LogP contribution is -2.19. The number of benzene rings is 2. The van der Waals surface area contributed by atoms with E-state index in [2.05, 4.69) is 20.5 Å². The average molecular weight is 420 g/mol. The molecule has 0 aliphatic carbocycles. The van der Waals surface area contributed by atoms with Gasteiger partial charge in [-0.15, -0.1) is 0 Å². The monoisotopic (exact) mass is 420 g/mol. The molecule has 0 saturated heterocycles. The molecule has 158 valence electrons. The van der Waals surface area contributed by atoms with Gasteiger partial charge in [0.25, 0.3) is 5.91 Å². The number of carbonyl (C=O) groups excluding carboxylic acids is 2. The van der Waals surface area contributed by atoms with Crippen molar-refractivity contribution in [2.24, 2.45) is 5.10 Å². The van der Waals surface area contributed by atoms with Crippen molar-refractivity contribution in [1.82, 2.24) is 15.4 Å². The largest absolute Gasteiger partial charge is 0.497 e. The summed E-state index contributed by atoms with van der Waals surface area (Å²) >= 11 is 0. The molecule has 2 aromatic carbocycles. The van der Waals surface area contributed by atoms with Crippen LogP contribution in [-0.4, -0.2) is 41.8 Å². The first-order valence-electron chi connectivity index (χ1n) is 9.33. The number of methoxy groups -OCH3 is 1. The summed E-state index contributed by atoms with van der Waals surface area (Å²) in [6.07, 6.45) is 5.66. The Bertz CT molecular complexity index is 1070. The summed E-state index contributed by atoms with van der Waals surface area (Å²) in [4.78, 5) is 32.1. The molecule has 1 aromatic heterocycles. The fourth-order valence-corrected chi connectivity index (χ4v) is 2.48. The van der Waals surface area contributed by atoms with E-state index in [0.29, 0.717) is 29.2 Å². The fourth-order valence-electron chi connectivity index (χ4n) is 2.48. The van der Waals surface area contributed by atoms with E-state index in [4.69, 9.17) is 14.2 Å². The molecule has 0 atom stereocenters. The lowest BCUT2D eigenvalue weighted by molar-refractivity contribution is 0.0728. The molecule has 31 heavy (non-hydrogen) atoms. The molecular formula is C22H20N4O5. The number of hydrazone groups is 1. The van der Waals surface area contributed by atoms with Gasteiger partial charge in [0, 0.05) is 12.4 Å². The zero-order chi connectivity index (χ0) is 22.1. The molecule has 3 aromatic rings. The average Bonchev–Trinajstić information content (AvgIpc) is 2.81. The Morgan fingerprint density at radius 3 is 2.58 bits per heavy atom. The van der Waals surface area contributed by atoms with Crippen molar-refractivity contribution in [2.45, 2.75) is 6.92 Å². The highest BCUT2D eigenvalue weighted by atomic mass is 16.6. The quantitative estimate of drug-likeness (QED) is 0.258. The molecule has 0 unspecified atom stereocenters. The SMILES string of the molecule is CCOc1cc(/C=N/NC(=O)c2cnccn2)ccc1OC(=O)c1ccc(OC)cc1. The summed E-state index contributed by atoms with van der Waals surface area (Å²) in [6.45, 7) is 2.19. The van der Waals surface area contributed by atoms with Gasteiger partial charge in [-0.3, -0.25) is 9.78 Å². The summed E-state index contributed by atoms with van der Waals surface area (Å²) in [5.74, 6) is 0.263. The third-order valence-electron chi connectivity index (χ3n) is 3.97. The second-order valence-corrected chi connectivity index (χ2v) is 6.05. The Labute approximate surface area is 178 Å². The molecule has 9 heteroatoms. The van der Waals surface area contributed by atoms with Gasteiger partial charge in [-0.25, -0.2) is 15.2 Å². The molecule has 1 amide bonds. The Morgan fingerprint density at radius 2 is 1.90 bits per heavy atom. The summed E-state index contributed by atoms with van der Waals surface area (Å²) in [5.41, 5.74) is 3.52. The first-order chi connectivity index (χ1) is 15.1. The van der Waals surface area contributed by atoms with Crippen LogP contribution in [0.1, 0.15) is 33.3 Å². The van der Waals surface area contributed by atoms with E-state index >= 15 is 0 Å². The Morgan fingerprint density at radius 1 is 1.10 bits per heavy atom. The number of esters is 1. The molecule has 1 N–H and O–H groups in total. The van der Waals surface area contributed by atoms with Gasteiger partial charge in [0.15, 0.2) is 11.5 Å². The summed E-state index contributed by atoms with van der Waals surface area (Å²) in [7, 11) is 1.55.